The number of carbonyl (C=O) groups is 1. The van der Waals surface area contributed by atoms with E-state index in [0.717, 1.165) is 0 Å². The summed E-state index contributed by atoms with van der Waals surface area (Å²) in [6.07, 6.45) is 1.61. The maximum absolute atomic E-state index is 11.3. The Morgan fingerprint density at radius 2 is 2.05 bits per heavy atom. The van der Waals surface area contributed by atoms with Crippen LogP contribution in [0.1, 0.15) is 21.7 Å². The van der Waals surface area contributed by atoms with Crippen LogP contribution in [0.3, 0.4) is 0 Å². The van der Waals surface area contributed by atoms with Crippen LogP contribution >= 0.6 is 0 Å². The van der Waals surface area contributed by atoms with E-state index in [1.807, 2.05) is 0 Å². The molecule has 0 spiro atoms. The van der Waals surface area contributed by atoms with Crippen LogP contribution in [0.4, 0.5) is 0 Å². The van der Waals surface area contributed by atoms with Crippen LogP contribution in [0.25, 0.3) is 0 Å². The van der Waals surface area contributed by atoms with E-state index in [1.165, 1.54) is 13.2 Å². The molecule has 0 aliphatic carbocycles. The molecule has 1 aromatic carbocycles. The maximum atomic E-state index is 11.3. The summed E-state index contributed by atoms with van der Waals surface area (Å²) in [6.45, 7) is 3.51. The van der Waals surface area contributed by atoms with Crippen LogP contribution in [0.5, 0.6) is 17.4 Å². The molecule has 20 heavy (non-hydrogen) atoms. The fourth-order valence-electron chi connectivity index (χ4n) is 1.66. The summed E-state index contributed by atoms with van der Waals surface area (Å²) < 4.78 is 10.8. The van der Waals surface area contributed by atoms with Crippen LogP contribution in [0, 0.1) is 13.8 Å². The van der Waals surface area contributed by atoms with Crippen molar-refractivity contribution in [1.29, 1.82) is 0 Å². The molecule has 0 radical (unpaired) electrons. The molecule has 0 atom stereocenters. The molecule has 1 N–H and O–H groups in total. The van der Waals surface area contributed by atoms with Crippen LogP contribution in [-0.2, 0) is 0 Å². The number of aryl methyl sites for hydroxylation is 2. The molecular weight excluding hydrogens is 260 g/mol. The lowest BCUT2D eigenvalue weighted by Gasteiger charge is -2.13. The van der Waals surface area contributed by atoms with Gasteiger partial charge in [0.2, 0.25) is 5.88 Å². The fourth-order valence-corrected chi connectivity index (χ4v) is 1.66. The van der Waals surface area contributed by atoms with Crippen molar-refractivity contribution in [3.63, 3.8) is 0 Å². The Morgan fingerprint density at radius 3 is 2.70 bits per heavy atom. The van der Waals surface area contributed by atoms with Crippen molar-refractivity contribution < 1.29 is 19.4 Å². The van der Waals surface area contributed by atoms with E-state index in [9.17, 15) is 9.90 Å². The van der Waals surface area contributed by atoms with Crippen molar-refractivity contribution in [2.75, 3.05) is 7.11 Å². The molecule has 0 saturated heterocycles. The molecule has 0 unspecified atom stereocenters. The van der Waals surface area contributed by atoms with E-state index < -0.39 is 5.97 Å². The largest absolute Gasteiger partial charge is 0.493 e. The number of rotatable bonds is 4. The first-order chi connectivity index (χ1) is 9.52. The van der Waals surface area contributed by atoms with E-state index in [-0.39, 0.29) is 17.2 Å². The number of hydrogen-bond acceptors (Lipinski definition) is 5. The lowest BCUT2D eigenvalue weighted by atomic mass is 10.2. The summed E-state index contributed by atoms with van der Waals surface area (Å²) in [6, 6.07) is 4.66. The first kappa shape index (κ1) is 13.8. The quantitative estimate of drug-likeness (QED) is 0.922. The van der Waals surface area contributed by atoms with Gasteiger partial charge in [0.15, 0.2) is 11.5 Å². The first-order valence-corrected chi connectivity index (χ1v) is 5.91. The van der Waals surface area contributed by atoms with Crippen LogP contribution in [-0.4, -0.2) is 28.2 Å². The fraction of sp³-hybridized carbons (Fsp3) is 0.214. The van der Waals surface area contributed by atoms with Crippen LogP contribution in [0.2, 0.25) is 0 Å². The second-order valence-corrected chi connectivity index (χ2v) is 4.15. The van der Waals surface area contributed by atoms with Gasteiger partial charge in [-0.25, -0.2) is 9.78 Å². The minimum Gasteiger partial charge on any atom is -0.493 e. The van der Waals surface area contributed by atoms with Gasteiger partial charge < -0.3 is 14.6 Å². The Hall–Kier alpha value is -2.63. The Morgan fingerprint density at radius 1 is 1.30 bits per heavy atom. The number of ether oxygens (including phenoxy) is 2. The zero-order valence-corrected chi connectivity index (χ0v) is 11.4. The third kappa shape index (κ3) is 2.69. The number of nitrogens with zero attached hydrogens (tertiary/aromatic N) is 2. The highest BCUT2D eigenvalue weighted by atomic mass is 16.5. The molecular formula is C14H14N2O4. The van der Waals surface area contributed by atoms with E-state index >= 15 is 0 Å². The normalized spacial score (nSPS) is 10.2. The summed E-state index contributed by atoms with van der Waals surface area (Å²) in [5.41, 5.74) is 1.25. The molecule has 0 amide bonds. The zero-order valence-electron chi connectivity index (χ0n) is 11.4. The SMILES string of the molecule is COc1cccc(C(=O)O)c1Oc1nc(C)cnc1C. The van der Waals surface area contributed by atoms with Gasteiger partial charge in [-0.15, -0.1) is 0 Å². The number of carboxylic acid groups (broad SMARTS) is 1. The predicted octanol–water partition coefficient (Wildman–Crippen LogP) is 2.59. The average molecular weight is 274 g/mol. The Balaban J connectivity index is 2.52. The second kappa shape index (κ2) is 5.56. The first-order valence-electron chi connectivity index (χ1n) is 5.91. The monoisotopic (exact) mass is 274 g/mol. The molecule has 104 valence electrons. The minimum atomic E-state index is -1.10. The Bertz CT molecular complexity index is 656. The highest BCUT2D eigenvalue weighted by molar-refractivity contribution is 5.92. The Kier molecular flexibility index (Phi) is 3.84. The average Bonchev–Trinajstić information content (AvgIpc) is 2.42. The van der Waals surface area contributed by atoms with Crippen molar-refractivity contribution in [3.05, 3.63) is 41.3 Å². The molecule has 6 nitrogen and oxygen atoms in total. The Labute approximate surface area is 116 Å². The smallest absolute Gasteiger partial charge is 0.339 e. The molecule has 0 aliphatic heterocycles. The lowest BCUT2D eigenvalue weighted by Crippen LogP contribution is -2.04. The molecule has 0 fully saturated rings. The topological polar surface area (TPSA) is 81.5 Å². The third-order valence-corrected chi connectivity index (χ3v) is 2.66. The van der Waals surface area contributed by atoms with E-state index in [0.29, 0.717) is 17.1 Å². The van der Waals surface area contributed by atoms with Gasteiger partial charge in [0.25, 0.3) is 0 Å². The van der Waals surface area contributed by atoms with Gasteiger partial charge in [0.1, 0.15) is 5.56 Å². The van der Waals surface area contributed by atoms with Crippen molar-refractivity contribution >= 4 is 5.97 Å². The third-order valence-electron chi connectivity index (χ3n) is 2.66. The van der Waals surface area contributed by atoms with Gasteiger partial charge in [0, 0.05) is 6.20 Å². The number of hydrogen-bond donors (Lipinski definition) is 1. The van der Waals surface area contributed by atoms with Gasteiger partial charge in [-0.3, -0.25) is 4.98 Å². The van der Waals surface area contributed by atoms with Gasteiger partial charge >= 0.3 is 5.97 Å². The number of methoxy groups -OCH3 is 1. The van der Waals surface area contributed by atoms with E-state index in [2.05, 4.69) is 9.97 Å². The lowest BCUT2D eigenvalue weighted by molar-refractivity contribution is 0.0693. The zero-order chi connectivity index (χ0) is 14.7. The number of benzene rings is 1. The van der Waals surface area contributed by atoms with E-state index in [1.54, 1.807) is 32.2 Å². The van der Waals surface area contributed by atoms with Crippen molar-refractivity contribution in [1.82, 2.24) is 9.97 Å². The number of aromatic nitrogens is 2. The van der Waals surface area contributed by atoms with Gasteiger partial charge in [-0.1, -0.05) is 6.07 Å². The van der Waals surface area contributed by atoms with Gasteiger partial charge in [0.05, 0.1) is 18.5 Å². The number of aromatic carboxylic acids is 1. The van der Waals surface area contributed by atoms with Crippen molar-refractivity contribution in [2.24, 2.45) is 0 Å². The summed E-state index contributed by atoms with van der Waals surface area (Å²) in [7, 11) is 1.45. The predicted molar refractivity (Wildman–Crippen MR) is 71.5 cm³/mol. The molecule has 1 aromatic heterocycles. The van der Waals surface area contributed by atoms with Crippen LogP contribution in [0.15, 0.2) is 24.4 Å². The molecule has 0 saturated carbocycles. The second-order valence-electron chi connectivity index (χ2n) is 4.15. The van der Waals surface area contributed by atoms with Crippen molar-refractivity contribution in [3.8, 4) is 17.4 Å². The summed E-state index contributed by atoms with van der Waals surface area (Å²) >= 11 is 0. The maximum Gasteiger partial charge on any atom is 0.339 e. The number of para-hydroxylation sites is 1. The molecule has 0 aliphatic rings. The molecule has 1 heterocycles. The van der Waals surface area contributed by atoms with Gasteiger partial charge in [-0.2, -0.15) is 0 Å². The van der Waals surface area contributed by atoms with Crippen LogP contribution < -0.4 is 9.47 Å². The molecule has 0 bridgehead atoms. The highest BCUT2D eigenvalue weighted by Crippen LogP contribution is 2.35. The summed E-state index contributed by atoms with van der Waals surface area (Å²) in [5.74, 6) is -0.396. The molecule has 2 aromatic rings. The standard InChI is InChI=1S/C14H14N2O4/c1-8-7-15-9(2)13(16-8)20-12-10(14(17)18)5-4-6-11(12)19-3/h4-7H,1-3H3,(H,17,18). The molecule has 2 rings (SSSR count). The summed E-state index contributed by atoms with van der Waals surface area (Å²) in [5, 5.41) is 9.22. The molecule has 6 heteroatoms. The highest BCUT2D eigenvalue weighted by Gasteiger charge is 2.18. The number of carboxylic acids is 1. The van der Waals surface area contributed by atoms with Crippen molar-refractivity contribution in [2.45, 2.75) is 13.8 Å². The minimum absolute atomic E-state index is 0.00653. The van der Waals surface area contributed by atoms with E-state index in [4.69, 9.17) is 9.47 Å². The summed E-state index contributed by atoms with van der Waals surface area (Å²) in [4.78, 5) is 19.6. The van der Waals surface area contributed by atoms with Gasteiger partial charge in [-0.05, 0) is 26.0 Å².